The SMILES string of the molecule is CCN1CC2(CCN(C(=O)C(C#N)Cc3ccc(C#N)cc3)CC2)[C@@H]2COC[C@@H]21. The Balaban J connectivity index is 1.39. The zero-order chi connectivity index (χ0) is 20.4. The molecule has 3 aliphatic rings. The summed E-state index contributed by atoms with van der Waals surface area (Å²) in [7, 11) is 0. The van der Waals surface area contributed by atoms with E-state index in [2.05, 4.69) is 24.0 Å². The summed E-state index contributed by atoms with van der Waals surface area (Å²) >= 11 is 0. The number of hydrogen-bond donors (Lipinski definition) is 0. The first-order chi connectivity index (χ1) is 14.1. The van der Waals surface area contributed by atoms with Crippen LogP contribution in [-0.4, -0.2) is 61.1 Å². The fraction of sp³-hybridized carbons (Fsp3) is 0.609. The van der Waals surface area contributed by atoms with E-state index in [0.717, 1.165) is 57.8 Å². The van der Waals surface area contributed by atoms with Gasteiger partial charge in [0.05, 0.1) is 30.9 Å². The fourth-order valence-corrected chi connectivity index (χ4v) is 5.53. The number of likely N-dealkylation sites (tertiary alicyclic amines) is 2. The largest absolute Gasteiger partial charge is 0.379 e. The highest BCUT2D eigenvalue weighted by Crippen LogP contribution is 2.50. The van der Waals surface area contributed by atoms with Crippen molar-refractivity contribution in [2.24, 2.45) is 17.3 Å². The van der Waals surface area contributed by atoms with Crippen molar-refractivity contribution in [2.75, 3.05) is 39.4 Å². The molecule has 0 aromatic heterocycles. The Kier molecular flexibility index (Phi) is 5.58. The molecular weight excluding hydrogens is 364 g/mol. The number of piperidine rings is 1. The number of carbonyl (C=O) groups is 1. The highest BCUT2D eigenvalue weighted by atomic mass is 16.5. The summed E-state index contributed by atoms with van der Waals surface area (Å²) in [5, 5.41) is 18.5. The van der Waals surface area contributed by atoms with Gasteiger partial charge in [-0.3, -0.25) is 9.69 Å². The van der Waals surface area contributed by atoms with E-state index in [1.54, 1.807) is 12.1 Å². The smallest absolute Gasteiger partial charge is 0.240 e. The number of likely N-dealkylation sites (N-methyl/N-ethyl adjacent to an activating group) is 1. The summed E-state index contributed by atoms with van der Waals surface area (Å²) in [6.07, 6.45) is 2.38. The quantitative estimate of drug-likeness (QED) is 0.785. The van der Waals surface area contributed by atoms with E-state index in [0.29, 0.717) is 23.9 Å². The second-order valence-corrected chi connectivity index (χ2v) is 8.66. The lowest BCUT2D eigenvalue weighted by Gasteiger charge is -2.42. The van der Waals surface area contributed by atoms with Gasteiger partial charge >= 0.3 is 0 Å². The van der Waals surface area contributed by atoms with Crippen molar-refractivity contribution in [3.05, 3.63) is 35.4 Å². The predicted molar refractivity (Wildman–Crippen MR) is 108 cm³/mol. The molecule has 0 bridgehead atoms. The number of nitriles is 2. The number of ether oxygens (including phenoxy) is 1. The van der Waals surface area contributed by atoms with Crippen LogP contribution in [0.3, 0.4) is 0 Å². The van der Waals surface area contributed by atoms with Crippen molar-refractivity contribution < 1.29 is 9.53 Å². The van der Waals surface area contributed by atoms with Crippen molar-refractivity contribution in [3.63, 3.8) is 0 Å². The second kappa shape index (κ2) is 8.14. The molecule has 3 saturated heterocycles. The van der Waals surface area contributed by atoms with Crippen LogP contribution in [-0.2, 0) is 16.0 Å². The number of rotatable bonds is 4. The van der Waals surface area contributed by atoms with Crippen molar-refractivity contribution in [1.82, 2.24) is 9.80 Å². The van der Waals surface area contributed by atoms with Gasteiger partial charge in [0.25, 0.3) is 0 Å². The van der Waals surface area contributed by atoms with Gasteiger partial charge in [-0.1, -0.05) is 19.1 Å². The maximum Gasteiger partial charge on any atom is 0.240 e. The van der Waals surface area contributed by atoms with Crippen LogP contribution >= 0.6 is 0 Å². The van der Waals surface area contributed by atoms with Crippen LogP contribution in [0.5, 0.6) is 0 Å². The van der Waals surface area contributed by atoms with Crippen LogP contribution in [0.1, 0.15) is 30.9 Å². The molecule has 1 aromatic rings. The molecule has 0 saturated carbocycles. The normalized spacial score (nSPS) is 26.7. The average molecular weight is 393 g/mol. The molecule has 152 valence electrons. The molecule has 0 radical (unpaired) electrons. The van der Waals surface area contributed by atoms with Gasteiger partial charge in [0.15, 0.2) is 0 Å². The first kappa shape index (κ1) is 19.9. The van der Waals surface area contributed by atoms with E-state index in [1.165, 1.54) is 0 Å². The summed E-state index contributed by atoms with van der Waals surface area (Å²) in [5.74, 6) is -0.156. The molecule has 3 fully saturated rings. The van der Waals surface area contributed by atoms with Gasteiger partial charge in [-0.25, -0.2) is 0 Å². The van der Waals surface area contributed by atoms with Gasteiger partial charge in [0.2, 0.25) is 5.91 Å². The van der Waals surface area contributed by atoms with Gasteiger partial charge in [-0.2, -0.15) is 10.5 Å². The Morgan fingerprint density at radius 2 is 1.97 bits per heavy atom. The standard InChI is InChI=1S/C23H28N4O2/c1-2-26-16-23(20-14-29-15-21(20)26)7-9-27(10-8-23)22(28)19(13-25)11-17-3-5-18(12-24)6-4-17/h3-6,19-21H,2,7-11,14-16H2,1H3/t19?,20-,21+/m1/s1. The highest BCUT2D eigenvalue weighted by Gasteiger charge is 2.55. The number of nitrogens with zero attached hydrogens (tertiary/aromatic N) is 4. The Labute approximate surface area is 172 Å². The van der Waals surface area contributed by atoms with Crippen LogP contribution in [0, 0.1) is 39.9 Å². The van der Waals surface area contributed by atoms with E-state index in [1.807, 2.05) is 17.0 Å². The third-order valence-corrected chi connectivity index (χ3v) is 7.28. The van der Waals surface area contributed by atoms with Crippen molar-refractivity contribution in [2.45, 2.75) is 32.2 Å². The molecule has 6 heteroatoms. The molecule has 3 atom stereocenters. The van der Waals surface area contributed by atoms with Gasteiger partial charge < -0.3 is 9.64 Å². The second-order valence-electron chi connectivity index (χ2n) is 8.66. The summed E-state index contributed by atoms with van der Waals surface area (Å²) in [6.45, 7) is 7.51. The first-order valence-electron chi connectivity index (χ1n) is 10.6. The summed E-state index contributed by atoms with van der Waals surface area (Å²) in [5.41, 5.74) is 1.75. The maximum atomic E-state index is 13.0. The summed E-state index contributed by atoms with van der Waals surface area (Å²) in [4.78, 5) is 17.5. The van der Waals surface area contributed by atoms with E-state index in [9.17, 15) is 10.1 Å². The Morgan fingerprint density at radius 3 is 2.59 bits per heavy atom. The molecule has 1 spiro atoms. The van der Waals surface area contributed by atoms with Crippen molar-refractivity contribution in [3.8, 4) is 12.1 Å². The molecule has 29 heavy (non-hydrogen) atoms. The molecule has 1 amide bonds. The number of hydrogen-bond acceptors (Lipinski definition) is 5. The van der Waals surface area contributed by atoms with Gasteiger partial charge in [-0.15, -0.1) is 0 Å². The number of fused-ring (bicyclic) bond motifs is 2. The van der Waals surface area contributed by atoms with Crippen LogP contribution in [0.15, 0.2) is 24.3 Å². The van der Waals surface area contributed by atoms with Crippen LogP contribution in [0.2, 0.25) is 0 Å². The summed E-state index contributed by atoms with van der Waals surface area (Å²) < 4.78 is 5.80. The van der Waals surface area contributed by atoms with E-state index < -0.39 is 5.92 Å². The van der Waals surface area contributed by atoms with E-state index in [-0.39, 0.29) is 11.3 Å². The van der Waals surface area contributed by atoms with Gasteiger partial charge in [0, 0.05) is 31.6 Å². The first-order valence-corrected chi connectivity index (χ1v) is 10.6. The topological polar surface area (TPSA) is 80.4 Å². The molecule has 3 aliphatic heterocycles. The van der Waals surface area contributed by atoms with Crippen LogP contribution in [0.4, 0.5) is 0 Å². The van der Waals surface area contributed by atoms with Gasteiger partial charge in [0.1, 0.15) is 5.92 Å². The highest BCUT2D eigenvalue weighted by molar-refractivity contribution is 5.81. The average Bonchev–Trinajstić information content (AvgIpc) is 3.36. The number of amides is 1. The molecule has 0 aliphatic carbocycles. The van der Waals surface area contributed by atoms with Crippen molar-refractivity contribution >= 4 is 5.91 Å². The van der Waals surface area contributed by atoms with Crippen molar-refractivity contribution in [1.29, 1.82) is 10.5 Å². The molecule has 3 heterocycles. The monoisotopic (exact) mass is 392 g/mol. The molecule has 4 rings (SSSR count). The predicted octanol–water partition coefficient (Wildman–Crippen LogP) is 2.20. The summed E-state index contributed by atoms with van der Waals surface area (Å²) in [6, 6.07) is 12.0. The fourth-order valence-electron chi connectivity index (χ4n) is 5.53. The lowest BCUT2D eigenvalue weighted by atomic mass is 9.70. The molecule has 1 unspecified atom stereocenters. The van der Waals surface area contributed by atoms with Gasteiger partial charge in [-0.05, 0) is 48.9 Å². The van der Waals surface area contributed by atoms with Crippen LogP contribution in [0.25, 0.3) is 0 Å². The minimum atomic E-state index is -0.671. The number of carbonyl (C=O) groups excluding carboxylic acids is 1. The molecule has 1 aromatic carbocycles. The maximum absolute atomic E-state index is 13.0. The molecular formula is C23H28N4O2. The zero-order valence-electron chi connectivity index (χ0n) is 17.0. The minimum Gasteiger partial charge on any atom is -0.379 e. The minimum absolute atomic E-state index is 0.0590. The Hall–Kier alpha value is -2.41. The Bertz CT molecular complexity index is 830. The third-order valence-electron chi connectivity index (χ3n) is 7.28. The van der Waals surface area contributed by atoms with E-state index >= 15 is 0 Å². The lowest BCUT2D eigenvalue weighted by molar-refractivity contribution is -0.136. The molecule has 0 N–H and O–H groups in total. The molecule has 6 nitrogen and oxygen atoms in total. The van der Waals surface area contributed by atoms with Crippen LogP contribution < -0.4 is 0 Å². The zero-order valence-corrected chi connectivity index (χ0v) is 17.0. The third kappa shape index (κ3) is 3.64. The van der Waals surface area contributed by atoms with E-state index in [4.69, 9.17) is 10.00 Å². The lowest BCUT2D eigenvalue weighted by Crippen LogP contribution is -2.48. The number of benzene rings is 1. The Morgan fingerprint density at radius 1 is 1.24 bits per heavy atom.